The van der Waals surface area contributed by atoms with E-state index in [1.807, 2.05) is 12.1 Å². The van der Waals surface area contributed by atoms with Crippen molar-refractivity contribution in [3.05, 3.63) is 59.7 Å². The molecule has 1 saturated carbocycles. The zero-order valence-corrected chi connectivity index (χ0v) is 18.0. The molecule has 1 aliphatic rings. The molecule has 0 spiro atoms. The van der Waals surface area contributed by atoms with E-state index in [0.29, 0.717) is 12.2 Å². The lowest BCUT2D eigenvalue weighted by Gasteiger charge is -2.19. The summed E-state index contributed by atoms with van der Waals surface area (Å²) >= 11 is 0. The maximum Gasteiger partial charge on any atom is 0.416 e. The van der Waals surface area contributed by atoms with Gasteiger partial charge in [-0.1, -0.05) is 18.2 Å². The van der Waals surface area contributed by atoms with Gasteiger partial charge in [0.15, 0.2) is 0 Å². The van der Waals surface area contributed by atoms with Gasteiger partial charge in [-0.05, 0) is 74.9 Å². The molecule has 0 aromatic heterocycles. The Balaban J connectivity index is 1.55. The smallest absolute Gasteiger partial charge is 0.416 e. The van der Waals surface area contributed by atoms with Gasteiger partial charge in [-0.3, -0.25) is 0 Å². The second-order valence-corrected chi connectivity index (χ2v) is 8.73. The van der Waals surface area contributed by atoms with Gasteiger partial charge in [0, 0.05) is 17.9 Å². The molecule has 9 heteroatoms. The summed E-state index contributed by atoms with van der Waals surface area (Å²) in [7, 11) is 0. The molecule has 3 rings (SSSR count). The van der Waals surface area contributed by atoms with Crippen LogP contribution in [-0.2, 0) is 10.9 Å². The normalized spacial score (nSPS) is 17.9. The largest absolute Gasteiger partial charge is 0.444 e. The molecule has 2 unspecified atom stereocenters. The Kier molecular flexibility index (Phi) is 6.66. The Morgan fingerprint density at radius 2 is 1.66 bits per heavy atom. The molecule has 1 aliphatic carbocycles. The first-order chi connectivity index (χ1) is 14.9. The first-order valence-corrected chi connectivity index (χ1v) is 10.2. The first-order valence-electron chi connectivity index (χ1n) is 10.2. The quantitative estimate of drug-likeness (QED) is 0.526. The number of carbonyl (C=O) groups excluding carboxylic acids is 2. The third-order valence-corrected chi connectivity index (χ3v) is 4.91. The van der Waals surface area contributed by atoms with Crippen molar-refractivity contribution in [1.82, 2.24) is 5.32 Å². The molecule has 6 nitrogen and oxygen atoms in total. The third kappa shape index (κ3) is 6.63. The number of rotatable bonds is 5. The number of hydrogen-bond acceptors (Lipinski definition) is 3. The maximum absolute atomic E-state index is 12.7. The van der Waals surface area contributed by atoms with Gasteiger partial charge >= 0.3 is 18.3 Å². The minimum Gasteiger partial charge on any atom is -0.444 e. The van der Waals surface area contributed by atoms with Crippen LogP contribution in [0.1, 0.15) is 44.2 Å². The van der Waals surface area contributed by atoms with Gasteiger partial charge in [0.05, 0.1) is 5.56 Å². The van der Waals surface area contributed by atoms with Crippen molar-refractivity contribution in [2.24, 2.45) is 5.92 Å². The van der Waals surface area contributed by atoms with Crippen LogP contribution in [-0.4, -0.2) is 24.3 Å². The van der Waals surface area contributed by atoms with Crippen LogP contribution < -0.4 is 16.0 Å². The monoisotopic (exact) mass is 449 g/mol. The SMILES string of the molecule is CC(C)(C)OC(=O)NCC1CC1c1ccccc1NC(=O)Nc1ccc(C(F)(F)F)cc1. The fourth-order valence-corrected chi connectivity index (χ4v) is 3.34. The predicted molar refractivity (Wildman–Crippen MR) is 116 cm³/mol. The van der Waals surface area contributed by atoms with Crippen LogP contribution >= 0.6 is 0 Å². The minimum absolute atomic E-state index is 0.174. The second-order valence-electron chi connectivity index (χ2n) is 8.73. The number of alkyl halides is 3. The van der Waals surface area contributed by atoms with E-state index in [1.165, 1.54) is 12.1 Å². The highest BCUT2D eigenvalue weighted by atomic mass is 19.4. The Bertz CT molecular complexity index is 969. The maximum atomic E-state index is 12.7. The molecule has 0 saturated heterocycles. The van der Waals surface area contributed by atoms with Crippen LogP contribution in [0.3, 0.4) is 0 Å². The molecular formula is C23H26F3N3O3. The zero-order valence-electron chi connectivity index (χ0n) is 18.0. The Morgan fingerprint density at radius 1 is 1.00 bits per heavy atom. The molecule has 2 aromatic carbocycles. The number of benzene rings is 2. The number of urea groups is 1. The highest BCUT2D eigenvalue weighted by molar-refractivity contribution is 6.00. The highest BCUT2D eigenvalue weighted by Crippen LogP contribution is 2.49. The topological polar surface area (TPSA) is 79.5 Å². The standard InChI is InChI=1S/C23H26F3N3O3/c1-22(2,3)32-21(31)27-13-14-12-18(14)17-6-4-5-7-19(17)29-20(30)28-16-10-8-15(9-11-16)23(24,25)26/h4-11,14,18H,12-13H2,1-3H3,(H,27,31)(H2,28,29,30). The molecule has 2 atom stereocenters. The third-order valence-electron chi connectivity index (χ3n) is 4.91. The number of ether oxygens (including phenoxy) is 1. The molecule has 3 amide bonds. The van der Waals surface area contributed by atoms with Crippen molar-refractivity contribution >= 4 is 23.5 Å². The van der Waals surface area contributed by atoms with Crippen molar-refractivity contribution < 1.29 is 27.5 Å². The number of amides is 3. The fraction of sp³-hybridized carbons (Fsp3) is 0.391. The van der Waals surface area contributed by atoms with Gasteiger partial charge in [0.1, 0.15) is 5.60 Å². The second kappa shape index (κ2) is 9.10. The molecule has 32 heavy (non-hydrogen) atoms. The molecule has 172 valence electrons. The van der Waals surface area contributed by atoms with E-state index in [1.54, 1.807) is 32.9 Å². The Labute approximate surface area is 184 Å². The molecule has 0 radical (unpaired) electrons. The summed E-state index contributed by atoms with van der Waals surface area (Å²) in [5, 5.41) is 8.06. The number of para-hydroxylation sites is 1. The summed E-state index contributed by atoms with van der Waals surface area (Å²) in [6, 6.07) is 11.0. The van der Waals surface area contributed by atoms with Crippen molar-refractivity contribution in [2.45, 2.75) is 44.9 Å². The molecule has 3 N–H and O–H groups in total. The Hall–Kier alpha value is -3.23. The number of hydrogen-bond donors (Lipinski definition) is 3. The molecule has 1 fully saturated rings. The number of nitrogens with one attached hydrogen (secondary N) is 3. The molecular weight excluding hydrogens is 423 g/mol. The van der Waals surface area contributed by atoms with Crippen LogP contribution in [0.15, 0.2) is 48.5 Å². The van der Waals surface area contributed by atoms with Gasteiger partial charge in [-0.2, -0.15) is 13.2 Å². The van der Waals surface area contributed by atoms with Crippen LogP contribution in [0, 0.1) is 5.92 Å². The van der Waals surface area contributed by atoms with Gasteiger partial charge in [-0.15, -0.1) is 0 Å². The van der Waals surface area contributed by atoms with E-state index < -0.39 is 29.5 Å². The van der Waals surface area contributed by atoms with Crippen molar-refractivity contribution in [2.75, 3.05) is 17.2 Å². The van der Waals surface area contributed by atoms with E-state index >= 15 is 0 Å². The first kappa shape index (κ1) is 23.4. The fourth-order valence-electron chi connectivity index (χ4n) is 3.34. The summed E-state index contributed by atoms with van der Waals surface area (Å²) in [5.74, 6) is 0.399. The Morgan fingerprint density at radius 3 is 2.28 bits per heavy atom. The molecule has 0 heterocycles. The average Bonchev–Trinajstić information content (AvgIpc) is 3.44. The van der Waals surface area contributed by atoms with Gasteiger partial charge in [0.2, 0.25) is 0 Å². The number of halogens is 3. The van der Waals surface area contributed by atoms with Gasteiger partial charge in [0.25, 0.3) is 0 Å². The van der Waals surface area contributed by atoms with Crippen LogP contribution in [0.2, 0.25) is 0 Å². The minimum atomic E-state index is -4.43. The van der Waals surface area contributed by atoms with E-state index in [4.69, 9.17) is 4.74 Å². The molecule has 0 bridgehead atoms. The van der Waals surface area contributed by atoms with E-state index in [2.05, 4.69) is 16.0 Å². The number of anilines is 2. The molecule has 0 aliphatic heterocycles. The van der Waals surface area contributed by atoms with Gasteiger partial charge < -0.3 is 20.7 Å². The summed E-state index contributed by atoms with van der Waals surface area (Å²) in [4.78, 5) is 24.2. The van der Waals surface area contributed by atoms with Crippen molar-refractivity contribution in [3.63, 3.8) is 0 Å². The van der Waals surface area contributed by atoms with E-state index in [9.17, 15) is 22.8 Å². The lowest BCUT2D eigenvalue weighted by molar-refractivity contribution is -0.137. The summed E-state index contributed by atoms with van der Waals surface area (Å²) in [5.41, 5.74) is 0.449. The lowest BCUT2D eigenvalue weighted by atomic mass is 10.1. The summed E-state index contributed by atoms with van der Waals surface area (Å²) in [6.45, 7) is 5.85. The number of carbonyl (C=O) groups is 2. The molecule has 2 aromatic rings. The summed E-state index contributed by atoms with van der Waals surface area (Å²) in [6.07, 6.45) is -4.04. The van der Waals surface area contributed by atoms with Gasteiger partial charge in [-0.25, -0.2) is 9.59 Å². The van der Waals surface area contributed by atoms with Crippen LogP contribution in [0.5, 0.6) is 0 Å². The predicted octanol–water partition coefficient (Wildman–Crippen LogP) is 5.98. The van der Waals surface area contributed by atoms with E-state index in [0.717, 1.165) is 24.1 Å². The van der Waals surface area contributed by atoms with E-state index in [-0.39, 0.29) is 17.5 Å². The average molecular weight is 449 g/mol. The van der Waals surface area contributed by atoms with Crippen LogP contribution in [0.25, 0.3) is 0 Å². The number of alkyl carbamates (subject to hydrolysis) is 1. The highest BCUT2D eigenvalue weighted by Gasteiger charge is 2.40. The summed E-state index contributed by atoms with van der Waals surface area (Å²) < 4.78 is 43.2. The van der Waals surface area contributed by atoms with Crippen molar-refractivity contribution in [3.8, 4) is 0 Å². The zero-order chi connectivity index (χ0) is 23.5. The van der Waals surface area contributed by atoms with Crippen molar-refractivity contribution in [1.29, 1.82) is 0 Å². The lowest BCUT2D eigenvalue weighted by Crippen LogP contribution is -2.33. The van der Waals surface area contributed by atoms with Crippen LogP contribution in [0.4, 0.5) is 34.1 Å².